The van der Waals surface area contributed by atoms with Gasteiger partial charge in [-0.15, -0.1) is 0 Å². The van der Waals surface area contributed by atoms with Gasteiger partial charge in [0.15, 0.2) is 5.72 Å². The third kappa shape index (κ3) is 1.15. The van der Waals surface area contributed by atoms with Crippen LogP contribution in [0, 0.1) is 6.92 Å². The first-order valence-corrected chi connectivity index (χ1v) is 5.10. The fourth-order valence-electron chi connectivity index (χ4n) is 2.25. The molecule has 1 unspecified atom stereocenters. The SMILES string of the molecule is C=C1c2c(C)cccc2N(C)C1(C)OC. The van der Waals surface area contributed by atoms with Gasteiger partial charge in [0.1, 0.15) is 0 Å². The lowest BCUT2D eigenvalue weighted by Gasteiger charge is -2.33. The number of hydrogen-bond donors (Lipinski definition) is 0. The van der Waals surface area contributed by atoms with E-state index in [1.54, 1.807) is 7.11 Å². The fourth-order valence-corrected chi connectivity index (χ4v) is 2.25. The molecule has 1 atom stereocenters. The highest BCUT2D eigenvalue weighted by atomic mass is 16.5. The Morgan fingerprint density at radius 1 is 1.40 bits per heavy atom. The molecule has 0 aliphatic carbocycles. The number of fused-ring (bicyclic) bond motifs is 1. The van der Waals surface area contributed by atoms with Gasteiger partial charge in [-0.2, -0.15) is 0 Å². The summed E-state index contributed by atoms with van der Waals surface area (Å²) in [4.78, 5) is 2.14. The minimum atomic E-state index is -0.408. The van der Waals surface area contributed by atoms with E-state index in [2.05, 4.69) is 43.5 Å². The molecule has 0 saturated heterocycles. The van der Waals surface area contributed by atoms with Crippen LogP contribution >= 0.6 is 0 Å². The zero-order valence-corrected chi connectivity index (χ0v) is 9.79. The number of likely N-dealkylation sites (N-methyl/N-ethyl adjacent to an activating group) is 1. The molecule has 0 radical (unpaired) electrons. The Labute approximate surface area is 91.2 Å². The molecular weight excluding hydrogens is 186 g/mol. The highest BCUT2D eigenvalue weighted by Gasteiger charge is 2.41. The lowest BCUT2D eigenvalue weighted by Crippen LogP contribution is -2.42. The molecule has 2 heteroatoms. The monoisotopic (exact) mass is 203 g/mol. The third-order valence-electron chi connectivity index (χ3n) is 3.51. The second-order valence-electron chi connectivity index (χ2n) is 4.19. The molecule has 1 aromatic carbocycles. The van der Waals surface area contributed by atoms with Crippen molar-refractivity contribution in [1.82, 2.24) is 0 Å². The Kier molecular flexibility index (Phi) is 2.12. The summed E-state index contributed by atoms with van der Waals surface area (Å²) < 4.78 is 5.59. The number of aryl methyl sites for hydroxylation is 1. The minimum absolute atomic E-state index is 0.408. The zero-order valence-electron chi connectivity index (χ0n) is 9.79. The molecule has 80 valence electrons. The third-order valence-corrected chi connectivity index (χ3v) is 3.51. The van der Waals surface area contributed by atoms with Crippen LogP contribution in [-0.2, 0) is 4.74 Å². The molecule has 1 aromatic rings. The Morgan fingerprint density at radius 3 is 2.60 bits per heavy atom. The normalized spacial score (nSPS) is 24.5. The van der Waals surface area contributed by atoms with Crippen LogP contribution in [-0.4, -0.2) is 19.9 Å². The van der Waals surface area contributed by atoms with Crippen molar-refractivity contribution < 1.29 is 4.74 Å². The number of methoxy groups -OCH3 is 1. The van der Waals surface area contributed by atoms with Crippen molar-refractivity contribution in [2.24, 2.45) is 0 Å². The van der Waals surface area contributed by atoms with Crippen molar-refractivity contribution in [2.75, 3.05) is 19.1 Å². The van der Waals surface area contributed by atoms with E-state index < -0.39 is 5.72 Å². The van der Waals surface area contributed by atoms with Crippen molar-refractivity contribution in [1.29, 1.82) is 0 Å². The molecule has 0 aromatic heterocycles. The molecule has 0 bridgehead atoms. The molecule has 15 heavy (non-hydrogen) atoms. The average Bonchev–Trinajstić information content (AvgIpc) is 2.43. The van der Waals surface area contributed by atoms with Gasteiger partial charge in [0, 0.05) is 31.0 Å². The number of anilines is 1. The molecular formula is C13H17NO. The summed E-state index contributed by atoms with van der Waals surface area (Å²) in [5.41, 5.74) is 4.31. The maximum atomic E-state index is 5.59. The summed E-state index contributed by atoms with van der Waals surface area (Å²) >= 11 is 0. The second kappa shape index (κ2) is 3.11. The molecule has 0 spiro atoms. The highest BCUT2D eigenvalue weighted by molar-refractivity contribution is 5.89. The van der Waals surface area contributed by atoms with Gasteiger partial charge >= 0.3 is 0 Å². The first kappa shape index (κ1) is 10.2. The quantitative estimate of drug-likeness (QED) is 0.696. The van der Waals surface area contributed by atoms with Gasteiger partial charge in [0.05, 0.1) is 0 Å². The summed E-state index contributed by atoms with van der Waals surface area (Å²) in [5, 5.41) is 0. The van der Waals surface area contributed by atoms with Crippen LogP contribution < -0.4 is 4.90 Å². The van der Waals surface area contributed by atoms with Crippen LogP contribution in [0.15, 0.2) is 24.8 Å². The number of benzene rings is 1. The summed E-state index contributed by atoms with van der Waals surface area (Å²) in [5.74, 6) is 0. The predicted octanol–water partition coefficient (Wildman–Crippen LogP) is 2.82. The van der Waals surface area contributed by atoms with Crippen LogP contribution in [0.3, 0.4) is 0 Å². The molecule has 0 fully saturated rings. The van der Waals surface area contributed by atoms with E-state index >= 15 is 0 Å². The van der Waals surface area contributed by atoms with E-state index in [9.17, 15) is 0 Å². The van der Waals surface area contributed by atoms with Gasteiger partial charge in [-0.3, -0.25) is 0 Å². The van der Waals surface area contributed by atoms with E-state index in [0.717, 1.165) is 5.57 Å². The van der Waals surface area contributed by atoms with Gasteiger partial charge in [0.25, 0.3) is 0 Å². The molecule has 2 rings (SSSR count). The molecule has 1 heterocycles. The van der Waals surface area contributed by atoms with E-state index in [-0.39, 0.29) is 0 Å². The number of ether oxygens (including phenoxy) is 1. The first-order chi connectivity index (χ1) is 7.02. The van der Waals surface area contributed by atoms with Gasteiger partial charge in [0.2, 0.25) is 0 Å². The molecule has 2 nitrogen and oxygen atoms in total. The zero-order chi connectivity index (χ0) is 11.2. The lowest BCUT2D eigenvalue weighted by molar-refractivity contribution is 0.0633. The van der Waals surface area contributed by atoms with Crippen LogP contribution in [0.25, 0.3) is 5.57 Å². The highest BCUT2D eigenvalue weighted by Crippen LogP contribution is 2.46. The van der Waals surface area contributed by atoms with E-state index in [1.165, 1.54) is 16.8 Å². The van der Waals surface area contributed by atoms with Crippen LogP contribution in [0.4, 0.5) is 5.69 Å². The van der Waals surface area contributed by atoms with Crippen molar-refractivity contribution in [3.63, 3.8) is 0 Å². The lowest BCUT2D eigenvalue weighted by atomic mass is 9.98. The predicted molar refractivity (Wildman–Crippen MR) is 64.0 cm³/mol. The van der Waals surface area contributed by atoms with Crippen LogP contribution in [0.1, 0.15) is 18.1 Å². The summed E-state index contributed by atoms with van der Waals surface area (Å²) in [7, 11) is 3.77. The molecule has 1 aliphatic rings. The smallest absolute Gasteiger partial charge is 0.163 e. The number of nitrogens with zero attached hydrogens (tertiary/aromatic N) is 1. The van der Waals surface area contributed by atoms with Gasteiger partial charge in [-0.25, -0.2) is 0 Å². The number of hydrogen-bond acceptors (Lipinski definition) is 2. The number of rotatable bonds is 1. The van der Waals surface area contributed by atoms with Gasteiger partial charge in [-0.1, -0.05) is 18.7 Å². The van der Waals surface area contributed by atoms with E-state index in [1.807, 2.05) is 7.05 Å². The maximum Gasteiger partial charge on any atom is 0.163 e. The maximum absolute atomic E-state index is 5.59. The summed E-state index contributed by atoms with van der Waals surface area (Å²) in [6.07, 6.45) is 0. The Balaban J connectivity index is 2.66. The molecule has 0 N–H and O–H groups in total. The van der Waals surface area contributed by atoms with Gasteiger partial charge < -0.3 is 9.64 Å². The first-order valence-electron chi connectivity index (χ1n) is 5.10. The van der Waals surface area contributed by atoms with E-state index in [0.29, 0.717) is 0 Å². The Morgan fingerprint density at radius 2 is 2.07 bits per heavy atom. The van der Waals surface area contributed by atoms with Crippen molar-refractivity contribution in [3.05, 3.63) is 35.9 Å². The fraction of sp³-hybridized carbons (Fsp3) is 0.385. The van der Waals surface area contributed by atoms with Crippen LogP contribution in [0.5, 0.6) is 0 Å². The van der Waals surface area contributed by atoms with Crippen molar-refractivity contribution >= 4 is 11.3 Å². The molecule has 0 saturated carbocycles. The molecule has 0 amide bonds. The topological polar surface area (TPSA) is 12.5 Å². The standard InChI is InChI=1S/C13H17NO/c1-9-7-6-8-11-12(9)10(2)13(3,15-5)14(11)4/h6-8H,2H2,1,3-5H3. The van der Waals surface area contributed by atoms with Crippen molar-refractivity contribution in [3.8, 4) is 0 Å². The second-order valence-corrected chi connectivity index (χ2v) is 4.19. The minimum Gasteiger partial charge on any atom is -0.355 e. The van der Waals surface area contributed by atoms with Crippen molar-refractivity contribution in [2.45, 2.75) is 19.6 Å². The summed E-state index contributed by atoms with van der Waals surface area (Å²) in [6.45, 7) is 8.32. The average molecular weight is 203 g/mol. The molecule has 1 aliphatic heterocycles. The Hall–Kier alpha value is -1.28. The largest absolute Gasteiger partial charge is 0.355 e. The Bertz CT molecular complexity index is 425. The van der Waals surface area contributed by atoms with Crippen LogP contribution in [0.2, 0.25) is 0 Å². The summed E-state index contributed by atoms with van der Waals surface area (Å²) in [6, 6.07) is 6.29. The van der Waals surface area contributed by atoms with E-state index in [4.69, 9.17) is 4.74 Å². The van der Waals surface area contributed by atoms with Gasteiger partial charge in [-0.05, 0) is 25.5 Å².